The number of carbonyl (C=O) groups excluding carboxylic acids is 1. The van der Waals surface area contributed by atoms with E-state index in [1.54, 1.807) is 0 Å². The van der Waals surface area contributed by atoms with E-state index in [9.17, 15) is 4.79 Å². The van der Waals surface area contributed by atoms with E-state index in [4.69, 9.17) is 5.73 Å². The molecule has 3 aliphatic rings. The lowest BCUT2D eigenvalue weighted by molar-refractivity contribution is -0.138. The molecule has 1 heterocycles. The molecule has 0 aromatic heterocycles. The second-order valence-corrected chi connectivity index (χ2v) is 7.56. The Kier molecular flexibility index (Phi) is 4.34. The van der Waals surface area contributed by atoms with Crippen molar-refractivity contribution in [3.63, 3.8) is 0 Å². The Morgan fingerprint density at radius 1 is 1.00 bits per heavy atom. The number of nitrogens with zero attached hydrogens (tertiary/aromatic N) is 1. The van der Waals surface area contributed by atoms with E-state index in [1.165, 1.54) is 38.5 Å². The Bertz CT molecular complexity index is 343. The highest BCUT2D eigenvalue weighted by atomic mass is 16.2. The summed E-state index contributed by atoms with van der Waals surface area (Å²) >= 11 is 0. The molecule has 2 bridgehead atoms. The fraction of sp³-hybridized carbons (Fsp3) is 0.941. The van der Waals surface area contributed by atoms with Crippen LogP contribution in [0.15, 0.2) is 0 Å². The van der Waals surface area contributed by atoms with Crippen LogP contribution in [0.4, 0.5) is 0 Å². The lowest BCUT2D eigenvalue weighted by Crippen LogP contribution is -2.49. The summed E-state index contributed by atoms with van der Waals surface area (Å²) in [7, 11) is 0. The van der Waals surface area contributed by atoms with Gasteiger partial charge < -0.3 is 10.6 Å². The van der Waals surface area contributed by atoms with Crippen molar-refractivity contribution < 1.29 is 4.79 Å². The highest BCUT2D eigenvalue weighted by Crippen LogP contribution is 2.42. The molecule has 3 fully saturated rings. The van der Waals surface area contributed by atoms with E-state index in [-0.39, 0.29) is 5.92 Å². The number of rotatable bonds is 1. The van der Waals surface area contributed by atoms with Crippen LogP contribution in [0.3, 0.4) is 0 Å². The van der Waals surface area contributed by atoms with Crippen LogP contribution >= 0.6 is 0 Å². The Labute approximate surface area is 123 Å². The minimum Gasteiger partial charge on any atom is -0.342 e. The molecule has 1 amide bonds. The monoisotopic (exact) mass is 278 g/mol. The molecule has 3 unspecified atom stereocenters. The molecule has 3 nitrogen and oxygen atoms in total. The first-order valence-electron chi connectivity index (χ1n) is 8.69. The smallest absolute Gasteiger partial charge is 0.225 e. The number of likely N-dealkylation sites (tertiary alicyclic amines) is 1. The topological polar surface area (TPSA) is 46.3 Å². The summed E-state index contributed by atoms with van der Waals surface area (Å²) in [6, 6.07) is 0.372. The van der Waals surface area contributed by atoms with Crippen LogP contribution in [0.5, 0.6) is 0 Å². The fourth-order valence-electron chi connectivity index (χ4n) is 4.73. The third-order valence-electron chi connectivity index (χ3n) is 6.09. The van der Waals surface area contributed by atoms with Gasteiger partial charge in [-0.3, -0.25) is 4.79 Å². The predicted molar refractivity (Wildman–Crippen MR) is 81.1 cm³/mol. The summed E-state index contributed by atoms with van der Waals surface area (Å²) in [5, 5.41) is 0. The van der Waals surface area contributed by atoms with Crippen LogP contribution in [0, 0.1) is 23.7 Å². The Hall–Kier alpha value is -0.570. The summed E-state index contributed by atoms with van der Waals surface area (Å²) in [5.74, 6) is 2.73. The van der Waals surface area contributed by atoms with Gasteiger partial charge in [-0.1, -0.05) is 13.3 Å². The SMILES string of the molecule is CC1CCCN(C(=O)C2CC3CCCC(C2)C3N)CC1. The summed E-state index contributed by atoms with van der Waals surface area (Å²) in [6.45, 7) is 4.29. The molecule has 20 heavy (non-hydrogen) atoms. The normalized spacial score (nSPS) is 42.1. The van der Waals surface area contributed by atoms with E-state index in [0.717, 1.165) is 31.8 Å². The molecule has 1 aliphatic heterocycles. The van der Waals surface area contributed by atoms with Crippen molar-refractivity contribution in [2.45, 2.75) is 64.3 Å². The van der Waals surface area contributed by atoms with E-state index in [1.807, 2.05) is 0 Å². The van der Waals surface area contributed by atoms with Crippen molar-refractivity contribution in [2.75, 3.05) is 13.1 Å². The molecule has 3 rings (SSSR count). The van der Waals surface area contributed by atoms with Crippen molar-refractivity contribution >= 4 is 5.91 Å². The minimum atomic E-state index is 0.276. The molecule has 3 heteroatoms. The lowest BCUT2D eigenvalue weighted by Gasteiger charge is -2.44. The standard InChI is InChI=1S/C17H30N2O/c1-12-4-3-8-19(9-7-12)17(20)15-10-13-5-2-6-14(11-15)16(13)18/h12-16H,2-11,18H2,1H3. The highest BCUT2D eigenvalue weighted by Gasteiger charge is 2.41. The maximum atomic E-state index is 12.8. The zero-order valence-corrected chi connectivity index (χ0v) is 12.9. The first kappa shape index (κ1) is 14.4. The number of carbonyl (C=O) groups is 1. The first-order valence-corrected chi connectivity index (χ1v) is 8.69. The molecule has 2 saturated carbocycles. The van der Waals surface area contributed by atoms with E-state index >= 15 is 0 Å². The molecule has 114 valence electrons. The van der Waals surface area contributed by atoms with Gasteiger partial charge in [0, 0.05) is 25.0 Å². The van der Waals surface area contributed by atoms with Gasteiger partial charge in [0.1, 0.15) is 0 Å². The van der Waals surface area contributed by atoms with Crippen molar-refractivity contribution in [1.82, 2.24) is 4.90 Å². The number of amides is 1. The van der Waals surface area contributed by atoms with E-state index in [0.29, 0.717) is 23.8 Å². The van der Waals surface area contributed by atoms with Crippen molar-refractivity contribution in [3.8, 4) is 0 Å². The Balaban J connectivity index is 1.62. The maximum Gasteiger partial charge on any atom is 0.225 e. The Morgan fingerprint density at radius 2 is 1.70 bits per heavy atom. The van der Waals surface area contributed by atoms with Crippen LogP contribution in [-0.2, 0) is 4.79 Å². The number of fused-ring (bicyclic) bond motifs is 2. The van der Waals surface area contributed by atoms with E-state index < -0.39 is 0 Å². The molecule has 2 aliphatic carbocycles. The quantitative estimate of drug-likeness (QED) is 0.801. The molecular weight excluding hydrogens is 248 g/mol. The van der Waals surface area contributed by atoms with Gasteiger partial charge in [0.2, 0.25) is 5.91 Å². The molecule has 2 N–H and O–H groups in total. The van der Waals surface area contributed by atoms with Gasteiger partial charge in [-0.25, -0.2) is 0 Å². The minimum absolute atomic E-state index is 0.276. The second kappa shape index (κ2) is 6.05. The van der Waals surface area contributed by atoms with Gasteiger partial charge in [0.05, 0.1) is 0 Å². The third-order valence-corrected chi connectivity index (χ3v) is 6.09. The van der Waals surface area contributed by atoms with Crippen molar-refractivity contribution in [1.29, 1.82) is 0 Å². The fourth-order valence-corrected chi connectivity index (χ4v) is 4.73. The average Bonchev–Trinajstić information content (AvgIpc) is 2.62. The molecule has 0 aromatic rings. The number of hydrogen-bond donors (Lipinski definition) is 1. The summed E-state index contributed by atoms with van der Waals surface area (Å²) in [4.78, 5) is 15.0. The molecule has 1 saturated heterocycles. The third kappa shape index (κ3) is 2.88. The van der Waals surface area contributed by atoms with Gasteiger partial charge in [0.15, 0.2) is 0 Å². The van der Waals surface area contributed by atoms with Crippen LogP contribution < -0.4 is 5.73 Å². The molecular formula is C17H30N2O. The zero-order valence-electron chi connectivity index (χ0n) is 12.9. The van der Waals surface area contributed by atoms with Gasteiger partial charge in [0.25, 0.3) is 0 Å². The highest BCUT2D eigenvalue weighted by molar-refractivity contribution is 5.79. The van der Waals surface area contributed by atoms with Gasteiger partial charge in [-0.05, 0) is 62.7 Å². The predicted octanol–water partition coefficient (Wildman–Crippen LogP) is 2.79. The van der Waals surface area contributed by atoms with Gasteiger partial charge in [-0.2, -0.15) is 0 Å². The molecule has 3 atom stereocenters. The second-order valence-electron chi connectivity index (χ2n) is 7.56. The first-order chi connectivity index (χ1) is 9.65. The number of nitrogens with two attached hydrogens (primary N) is 1. The molecule has 0 radical (unpaired) electrons. The largest absolute Gasteiger partial charge is 0.342 e. The van der Waals surface area contributed by atoms with Crippen molar-refractivity contribution in [2.24, 2.45) is 29.4 Å². The summed E-state index contributed by atoms with van der Waals surface area (Å²) < 4.78 is 0. The van der Waals surface area contributed by atoms with Crippen LogP contribution in [0.1, 0.15) is 58.3 Å². The molecule has 0 aromatic carbocycles. The lowest BCUT2D eigenvalue weighted by atomic mass is 9.65. The Morgan fingerprint density at radius 3 is 2.40 bits per heavy atom. The van der Waals surface area contributed by atoms with Gasteiger partial charge >= 0.3 is 0 Å². The van der Waals surface area contributed by atoms with Crippen LogP contribution in [-0.4, -0.2) is 29.9 Å². The van der Waals surface area contributed by atoms with E-state index in [2.05, 4.69) is 11.8 Å². The zero-order chi connectivity index (χ0) is 14.1. The molecule has 0 spiro atoms. The van der Waals surface area contributed by atoms with Crippen molar-refractivity contribution in [3.05, 3.63) is 0 Å². The summed E-state index contributed by atoms with van der Waals surface area (Å²) in [6.07, 6.45) is 9.59. The van der Waals surface area contributed by atoms with Gasteiger partial charge in [-0.15, -0.1) is 0 Å². The van der Waals surface area contributed by atoms with Crippen LogP contribution in [0.25, 0.3) is 0 Å². The summed E-state index contributed by atoms with van der Waals surface area (Å²) in [5.41, 5.74) is 6.34. The average molecular weight is 278 g/mol. The van der Waals surface area contributed by atoms with Crippen LogP contribution in [0.2, 0.25) is 0 Å². The maximum absolute atomic E-state index is 12.8. The number of hydrogen-bond acceptors (Lipinski definition) is 2.